The van der Waals surface area contributed by atoms with Crippen LogP contribution in [-0.2, 0) is 32.2 Å². The number of thioether (sulfide) groups is 2. The Hall–Kier alpha value is -3.51. The van der Waals surface area contributed by atoms with Gasteiger partial charge in [-0.15, -0.1) is 0 Å². The van der Waals surface area contributed by atoms with Gasteiger partial charge >= 0.3 is 0 Å². The minimum absolute atomic E-state index is 0.169. The molecule has 0 aromatic heterocycles. The van der Waals surface area contributed by atoms with E-state index >= 15 is 0 Å². The topological polar surface area (TPSA) is 74.3 Å². The average Bonchev–Trinajstić information content (AvgIpc) is 3.35. The summed E-state index contributed by atoms with van der Waals surface area (Å²) in [5.74, 6) is -0.794. The highest BCUT2D eigenvalue weighted by atomic mass is 32.2. The van der Waals surface area contributed by atoms with Crippen molar-refractivity contribution < 1.29 is 28.5 Å². The maximum Gasteiger partial charge on any atom is 0.262 e. The molecule has 0 saturated carbocycles. The second kappa shape index (κ2) is 15.4. The standard InChI is InChI=1S/C36H33NO6S3/c1-45-36(44)43-31-29(23-40-21-24-13-5-2-6-14-24)42-35(46-26-17-9-4-10-18-26)30(32(31)41-22-25-15-7-3-8-16-25)37-33(38)27-19-11-12-20-28(27)34(37)39/h2-20,29-32,35H,21-23H2,1H3/t29-,30-,31-,32-,35+/m1/s1. The van der Waals surface area contributed by atoms with E-state index in [1.54, 1.807) is 24.3 Å². The minimum Gasteiger partial charge on any atom is -0.470 e. The van der Waals surface area contributed by atoms with Crippen molar-refractivity contribution in [3.05, 3.63) is 138 Å². The predicted octanol–water partition coefficient (Wildman–Crippen LogP) is 7.00. The van der Waals surface area contributed by atoms with Crippen molar-refractivity contribution in [3.63, 3.8) is 0 Å². The van der Waals surface area contributed by atoms with E-state index in [0.29, 0.717) is 22.1 Å². The van der Waals surface area contributed by atoms with Crippen molar-refractivity contribution >= 4 is 51.9 Å². The van der Waals surface area contributed by atoms with E-state index in [0.717, 1.165) is 16.0 Å². The average molecular weight is 672 g/mol. The van der Waals surface area contributed by atoms with Gasteiger partial charge in [-0.3, -0.25) is 14.5 Å². The second-order valence-corrected chi connectivity index (χ2v) is 13.4. The van der Waals surface area contributed by atoms with Gasteiger partial charge in [0.15, 0.2) is 6.10 Å². The van der Waals surface area contributed by atoms with Crippen LogP contribution in [0.15, 0.2) is 120 Å². The Morgan fingerprint density at radius 2 is 1.30 bits per heavy atom. The first kappa shape index (κ1) is 32.4. The smallest absolute Gasteiger partial charge is 0.262 e. The first-order valence-electron chi connectivity index (χ1n) is 14.9. The van der Waals surface area contributed by atoms with E-state index in [9.17, 15) is 9.59 Å². The highest BCUT2D eigenvalue weighted by Gasteiger charge is 2.55. The molecule has 1 fully saturated rings. The van der Waals surface area contributed by atoms with Crippen LogP contribution >= 0.6 is 35.7 Å². The van der Waals surface area contributed by atoms with Crippen molar-refractivity contribution in [3.8, 4) is 0 Å². The largest absolute Gasteiger partial charge is 0.470 e. The van der Waals surface area contributed by atoms with Gasteiger partial charge in [0.2, 0.25) is 4.38 Å². The molecule has 4 aromatic carbocycles. The molecule has 2 heterocycles. The van der Waals surface area contributed by atoms with E-state index in [2.05, 4.69) is 0 Å². The van der Waals surface area contributed by atoms with Gasteiger partial charge in [0.25, 0.3) is 11.8 Å². The van der Waals surface area contributed by atoms with Gasteiger partial charge in [0.1, 0.15) is 23.7 Å². The van der Waals surface area contributed by atoms with Crippen LogP contribution in [0.25, 0.3) is 0 Å². The number of imide groups is 1. The summed E-state index contributed by atoms with van der Waals surface area (Å²) in [5, 5.41) is 0. The van der Waals surface area contributed by atoms with E-state index in [-0.39, 0.29) is 13.2 Å². The summed E-state index contributed by atoms with van der Waals surface area (Å²) < 4.78 is 26.4. The molecule has 2 aliphatic heterocycles. The van der Waals surface area contributed by atoms with Crippen molar-refractivity contribution in [2.24, 2.45) is 0 Å². The summed E-state index contributed by atoms with van der Waals surface area (Å²) in [6.45, 7) is 0.758. The van der Waals surface area contributed by atoms with E-state index in [1.807, 2.05) is 97.3 Å². The fraction of sp³-hybridized carbons (Fsp3) is 0.250. The summed E-state index contributed by atoms with van der Waals surface area (Å²) in [6.07, 6.45) is -0.404. The van der Waals surface area contributed by atoms with Crippen LogP contribution in [-0.4, -0.2) is 63.7 Å². The van der Waals surface area contributed by atoms with E-state index < -0.39 is 41.6 Å². The van der Waals surface area contributed by atoms with Crippen molar-refractivity contribution in [2.75, 3.05) is 12.9 Å². The Balaban J connectivity index is 1.40. The molecule has 0 N–H and O–H groups in total. The molecule has 46 heavy (non-hydrogen) atoms. The summed E-state index contributed by atoms with van der Waals surface area (Å²) in [5.41, 5.74) is 1.95. The fourth-order valence-electron chi connectivity index (χ4n) is 5.63. The highest BCUT2D eigenvalue weighted by molar-refractivity contribution is 8.22. The third kappa shape index (κ3) is 7.38. The first-order chi connectivity index (χ1) is 22.5. The van der Waals surface area contributed by atoms with Crippen LogP contribution < -0.4 is 0 Å². The number of amides is 2. The van der Waals surface area contributed by atoms with Crippen LogP contribution in [0.4, 0.5) is 0 Å². The Morgan fingerprint density at radius 1 is 0.761 bits per heavy atom. The minimum atomic E-state index is -0.860. The van der Waals surface area contributed by atoms with Crippen LogP contribution in [0, 0.1) is 0 Å². The molecule has 1 saturated heterocycles. The number of fused-ring (bicyclic) bond motifs is 1. The Kier molecular flexibility index (Phi) is 10.8. The fourth-order valence-corrected chi connectivity index (χ4v) is 7.15. The maximum absolute atomic E-state index is 14.0. The second-order valence-electron chi connectivity index (χ2n) is 10.8. The Labute approximate surface area is 282 Å². The molecule has 0 radical (unpaired) electrons. The molecular weight excluding hydrogens is 639 g/mol. The number of thiocarbonyl (C=S) groups is 1. The molecule has 6 rings (SSSR count). The van der Waals surface area contributed by atoms with Crippen molar-refractivity contribution in [2.45, 2.75) is 47.9 Å². The number of nitrogens with zero attached hydrogens (tertiary/aromatic N) is 1. The molecule has 2 amide bonds. The number of carbonyl (C=O) groups excluding carboxylic acids is 2. The highest BCUT2D eigenvalue weighted by Crippen LogP contribution is 2.41. The van der Waals surface area contributed by atoms with E-state index in [1.165, 1.54) is 28.4 Å². The lowest BCUT2D eigenvalue weighted by Gasteiger charge is -2.48. The third-order valence-electron chi connectivity index (χ3n) is 7.81. The van der Waals surface area contributed by atoms with Crippen LogP contribution in [0.2, 0.25) is 0 Å². The SMILES string of the molecule is CSC(=S)O[C@H]1[C@H](OCc2ccccc2)[C@@H](N2C(=O)c3ccccc3C2=O)[C@H](Sc2ccccc2)O[C@@H]1COCc1ccccc1. The van der Waals surface area contributed by atoms with Gasteiger partial charge in [0, 0.05) is 4.90 Å². The zero-order chi connectivity index (χ0) is 31.9. The molecule has 5 atom stereocenters. The summed E-state index contributed by atoms with van der Waals surface area (Å²) >= 11 is 8.28. The first-order valence-corrected chi connectivity index (χ1v) is 17.4. The predicted molar refractivity (Wildman–Crippen MR) is 184 cm³/mol. The molecule has 2 aliphatic rings. The summed E-state index contributed by atoms with van der Waals surface area (Å²) in [6, 6.07) is 35.4. The molecule has 0 unspecified atom stereocenters. The maximum atomic E-state index is 14.0. The lowest BCUT2D eigenvalue weighted by molar-refractivity contribution is -0.199. The number of hydrogen-bond acceptors (Lipinski definition) is 9. The van der Waals surface area contributed by atoms with E-state index in [4.69, 9.17) is 31.2 Å². The monoisotopic (exact) mass is 671 g/mol. The number of rotatable bonds is 11. The van der Waals surface area contributed by atoms with Gasteiger partial charge < -0.3 is 18.9 Å². The van der Waals surface area contributed by atoms with Gasteiger partial charge in [0.05, 0.1) is 30.9 Å². The molecule has 0 aliphatic carbocycles. The number of benzene rings is 4. The molecule has 0 spiro atoms. The molecule has 0 bridgehead atoms. The van der Waals surface area contributed by atoms with Crippen molar-refractivity contribution in [1.82, 2.24) is 4.90 Å². The quantitative estimate of drug-likeness (QED) is 0.124. The number of carbonyl (C=O) groups is 2. The normalized spacial score (nSPS) is 22.5. The molecular formula is C36H33NO6S3. The number of ether oxygens (including phenoxy) is 4. The molecule has 10 heteroatoms. The lowest BCUT2D eigenvalue weighted by atomic mass is 9.96. The van der Waals surface area contributed by atoms with Crippen LogP contribution in [0.1, 0.15) is 31.8 Å². The summed E-state index contributed by atoms with van der Waals surface area (Å²) in [4.78, 5) is 30.2. The molecule has 4 aromatic rings. The summed E-state index contributed by atoms with van der Waals surface area (Å²) in [7, 11) is 0. The van der Waals surface area contributed by atoms with Gasteiger partial charge in [-0.05, 0) is 53.9 Å². The zero-order valence-corrected chi connectivity index (χ0v) is 27.5. The van der Waals surface area contributed by atoms with Crippen molar-refractivity contribution in [1.29, 1.82) is 0 Å². The van der Waals surface area contributed by atoms with Crippen LogP contribution in [0.3, 0.4) is 0 Å². The Morgan fingerprint density at radius 3 is 1.89 bits per heavy atom. The van der Waals surface area contributed by atoms with Crippen LogP contribution in [0.5, 0.6) is 0 Å². The lowest BCUT2D eigenvalue weighted by Crippen LogP contribution is -2.66. The van der Waals surface area contributed by atoms with Gasteiger partial charge in [-0.1, -0.05) is 115 Å². The Bertz CT molecular complexity index is 1610. The molecule has 236 valence electrons. The van der Waals surface area contributed by atoms with Gasteiger partial charge in [-0.2, -0.15) is 0 Å². The molecule has 7 nitrogen and oxygen atoms in total. The zero-order valence-electron chi connectivity index (χ0n) is 25.1. The third-order valence-corrected chi connectivity index (χ3v) is 10.0. The van der Waals surface area contributed by atoms with Gasteiger partial charge in [-0.25, -0.2) is 0 Å². The number of hydrogen-bond donors (Lipinski definition) is 0.